The predicted octanol–water partition coefficient (Wildman–Crippen LogP) is 8.21. The number of aldehydes is 1. The molecule has 0 N–H and O–H groups in total. The first-order valence-corrected chi connectivity index (χ1v) is 16.0. The molecule has 0 aliphatic heterocycles. The number of carbonyl (C=O) groups is 1. The third-order valence-electron chi connectivity index (χ3n) is 7.68. The molecule has 0 saturated heterocycles. The zero-order chi connectivity index (χ0) is 27.0. The first-order valence-electron chi connectivity index (χ1n) is 13.1. The smallest absolute Gasteiger partial charge is 0.192 e. The van der Waals surface area contributed by atoms with Crippen molar-refractivity contribution in [3.8, 4) is 5.75 Å². The van der Waals surface area contributed by atoms with E-state index in [0.29, 0.717) is 12.5 Å². The van der Waals surface area contributed by atoms with Crippen molar-refractivity contribution in [3.05, 3.63) is 42.0 Å². The van der Waals surface area contributed by atoms with E-state index in [-0.39, 0.29) is 23.2 Å². The summed E-state index contributed by atoms with van der Waals surface area (Å²) < 4.78 is 18.9. The van der Waals surface area contributed by atoms with Crippen molar-refractivity contribution < 1.29 is 18.7 Å². The molecular formula is C30H52O4Si. The average molecular weight is 505 g/mol. The normalized spacial score (nSPS) is 16.3. The van der Waals surface area contributed by atoms with Gasteiger partial charge in [0.05, 0.1) is 25.9 Å². The summed E-state index contributed by atoms with van der Waals surface area (Å²) in [6.45, 7) is 26.5. The van der Waals surface area contributed by atoms with E-state index in [2.05, 4.69) is 61.2 Å². The van der Waals surface area contributed by atoms with Gasteiger partial charge in [-0.1, -0.05) is 66.2 Å². The van der Waals surface area contributed by atoms with E-state index in [1.807, 2.05) is 38.1 Å². The quantitative estimate of drug-likeness (QED) is 0.137. The summed E-state index contributed by atoms with van der Waals surface area (Å²) in [4.78, 5) is 12.2. The predicted molar refractivity (Wildman–Crippen MR) is 150 cm³/mol. The van der Waals surface area contributed by atoms with Crippen LogP contribution in [0.3, 0.4) is 0 Å². The van der Waals surface area contributed by atoms with Crippen molar-refractivity contribution in [2.75, 3.05) is 7.11 Å². The Kier molecular flexibility index (Phi) is 11.9. The van der Waals surface area contributed by atoms with Gasteiger partial charge in [0.15, 0.2) is 8.32 Å². The van der Waals surface area contributed by atoms with Gasteiger partial charge in [0, 0.05) is 11.3 Å². The van der Waals surface area contributed by atoms with Gasteiger partial charge in [0.2, 0.25) is 0 Å². The Bertz CT molecular complexity index is 792. The Labute approximate surface area is 217 Å². The summed E-state index contributed by atoms with van der Waals surface area (Å²) in [5, 5.41) is 0.0992. The molecule has 0 heterocycles. The van der Waals surface area contributed by atoms with Crippen LogP contribution < -0.4 is 4.74 Å². The number of hydrogen-bond acceptors (Lipinski definition) is 4. The molecule has 35 heavy (non-hydrogen) atoms. The van der Waals surface area contributed by atoms with Crippen molar-refractivity contribution >= 4 is 14.6 Å². The van der Waals surface area contributed by atoms with Crippen molar-refractivity contribution in [3.63, 3.8) is 0 Å². The monoisotopic (exact) mass is 504 g/mol. The summed E-state index contributed by atoms with van der Waals surface area (Å²) in [6.07, 6.45) is 3.94. The topological polar surface area (TPSA) is 44.8 Å². The van der Waals surface area contributed by atoms with Crippen molar-refractivity contribution in [1.29, 1.82) is 0 Å². The molecular weight excluding hydrogens is 452 g/mol. The maximum atomic E-state index is 12.2. The Balaban J connectivity index is 3.25. The van der Waals surface area contributed by atoms with Gasteiger partial charge in [0.25, 0.3) is 0 Å². The third kappa shape index (κ3) is 9.51. The fourth-order valence-corrected chi connectivity index (χ4v) is 5.82. The number of benzene rings is 1. The number of ether oxygens (including phenoxy) is 2. The van der Waals surface area contributed by atoms with Crippen LogP contribution >= 0.6 is 0 Å². The molecule has 1 rings (SSSR count). The first-order chi connectivity index (χ1) is 16.1. The van der Waals surface area contributed by atoms with Crippen LogP contribution in [0.5, 0.6) is 5.75 Å². The van der Waals surface area contributed by atoms with E-state index in [1.165, 1.54) is 5.57 Å². The number of rotatable bonds is 15. The zero-order valence-electron chi connectivity index (χ0n) is 24.4. The van der Waals surface area contributed by atoms with Gasteiger partial charge < -0.3 is 18.7 Å². The van der Waals surface area contributed by atoms with Crippen LogP contribution in [-0.4, -0.2) is 33.9 Å². The van der Waals surface area contributed by atoms with Gasteiger partial charge in [-0.05, 0) is 67.9 Å². The van der Waals surface area contributed by atoms with Crippen LogP contribution in [0.15, 0.2) is 36.4 Å². The molecule has 0 unspecified atom stereocenters. The van der Waals surface area contributed by atoms with E-state index in [4.69, 9.17) is 13.9 Å². The Morgan fingerprint density at radius 1 is 1.09 bits per heavy atom. The van der Waals surface area contributed by atoms with Crippen molar-refractivity contribution in [2.24, 2.45) is 17.3 Å². The molecule has 1 aromatic rings. The molecule has 200 valence electrons. The van der Waals surface area contributed by atoms with Crippen molar-refractivity contribution in [2.45, 2.75) is 112 Å². The zero-order valence-corrected chi connectivity index (χ0v) is 25.4. The summed E-state index contributed by atoms with van der Waals surface area (Å²) in [7, 11) is -0.380. The van der Waals surface area contributed by atoms with E-state index in [1.54, 1.807) is 7.11 Å². The second-order valence-corrected chi connectivity index (χ2v) is 17.3. The molecule has 0 bridgehead atoms. The van der Waals surface area contributed by atoms with Crippen LogP contribution in [0, 0.1) is 17.3 Å². The van der Waals surface area contributed by atoms with Crippen LogP contribution in [0.25, 0.3) is 0 Å². The van der Waals surface area contributed by atoms with Gasteiger partial charge in [-0.3, -0.25) is 0 Å². The van der Waals surface area contributed by atoms with Gasteiger partial charge >= 0.3 is 0 Å². The summed E-state index contributed by atoms with van der Waals surface area (Å²) in [6, 6.07) is 7.90. The summed E-state index contributed by atoms with van der Waals surface area (Å²) in [5.41, 5.74) is 1.63. The third-order valence-corrected chi connectivity index (χ3v) is 12.2. The lowest BCUT2D eigenvalue weighted by Crippen LogP contribution is -2.52. The highest BCUT2D eigenvalue weighted by molar-refractivity contribution is 6.74. The largest absolute Gasteiger partial charge is 0.497 e. The van der Waals surface area contributed by atoms with E-state index in [9.17, 15) is 4.79 Å². The first kappa shape index (κ1) is 31.6. The molecule has 0 aliphatic rings. The number of allylic oxidation sites excluding steroid dienone is 1. The minimum absolute atomic E-state index is 0.00102. The Hall–Kier alpha value is -1.43. The van der Waals surface area contributed by atoms with Gasteiger partial charge in [-0.2, -0.15) is 0 Å². The summed E-state index contributed by atoms with van der Waals surface area (Å²) in [5.74, 6) is 1.20. The lowest BCUT2D eigenvalue weighted by molar-refractivity contribution is -0.135. The SMILES string of the molecule is C=C(C)CCC[C@H](C)[C@H](O[Si](C)(C)C(C)(C)C)[C@@H](C)[C@@H](OCc1ccc(OC)cc1)C(C)(C)C=O. The van der Waals surface area contributed by atoms with Crippen LogP contribution in [0.4, 0.5) is 0 Å². The molecule has 0 aliphatic carbocycles. The van der Waals surface area contributed by atoms with E-state index in [0.717, 1.165) is 36.9 Å². The van der Waals surface area contributed by atoms with Gasteiger partial charge in [0.1, 0.15) is 12.0 Å². The maximum absolute atomic E-state index is 12.2. The van der Waals surface area contributed by atoms with Crippen LogP contribution in [-0.2, 0) is 20.6 Å². The second-order valence-electron chi connectivity index (χ2n) is 12.5. The summed E-state index contributed by atoms with van der Waals surface area (Å²) >= 11 is 0. The standard InChI is InChI=1S/C30H52O4Si/c1-22(2)14-13-15-23(3)27(34-35(11,12)29(5,6)7)24(4)28(30(8,9)21-31)33-20-25-16-18-26(32-10)19-17-25/h16-19,21,23-24,27-28H,1,13-15,20H2,2-12H3/t23-,24+,27-,28+/m0/s1. The second kappa shape index (κ2) is 13.2. The van der Waals surface area contributed by atoms with E-state index < -0.39 is 13.7 Å². The molecule has 4 atom stereocenters. The highest BCUT2D eigenvalue weighted by Crippen LogP contribution is 2.42. The van der Waals surface area contributed by atoms with Crippen LogP contribution in [0.2, 0.25) is 18.1 Å². The molecule has 0 spiro atoms. The minimum atomic E-state index is -2.04. The highest BCUT2D eigenvalue weighted by Gasteiger charge is 2.45. The van der Waals surface area contributed by atoms with Gasteiger partial charge in [-0.15, -0.1) is 6.58 Å². The van der Waals surface area contributed by atoms with Crippen LogP contribution in [0.1, 0.15) is 80.2 Å². The molecule has 4 nitrogen and oxygen atoms in total. The highest BCUT2D eigenvalue weighted by atomic mass is 28.4. The molecule has 0 fully saturated rings. The maximum Gasteiger partial charge on any atom is 0.192 e. The molecule has 5 heteroatoms. The molecule has 0 saturated carbocycles. The molecule has 1 aromatic carbocycles. The van der Waals surface area contributed by atoms with Crippen molar-refractivity contribution in [1.82, 2.24) is 0 Å². The van der Waals surface area contributed by atoms with Gasteiger partial charge in [-0.25, -0.2) is 0 Å². The van der Waals surface area contributed by atoms with E-state index >= 15 is 0 Å². The fraction of sp³-hybridized carbons (Fsp3) is 0.700. The Morgan fingerprint density at radius 2 is 1.66 bits per heavy atom. The number of hydrogen-bond donors (Lipinski definition) is 0. The average Bonchev–Trinajstić information content (AvgIpc) is 2.76. The lowest BCUT2D eigenvalue weighted by Gasteiger charge is -2.46. The fourth-order valence-electron chi connectivity index (χ4n) is 4.34. The Morgan fingerprint density at radius 3 is 2.11 bits per heavy atom. The lowest BCUT2D eigenvalue weighted by atomic mass is 9.76. The molecule has 0 aromatic heterocycles. The minimum Gasteiger partial charge on any atom is -0.497 e. The molecule has 0 radical (unpaired) electrons. The number of methoxy groups -OCH3 is 1. The number of carbonyl (C=O) groups excluding carboxylic acids is 1. The molecule has 0 amide bonds.